The van der Waals surface area contributed by atoms with Crippen LogP contribution in [0.15, 0.2) is 64.1 Å². The maximum atomic E-state index is 12.0. The standard InChI is InChI=1S/C23H21ClN2O4/c1-3-29-23(28)19-13-17(8-10-20(19)24)21-11-9-18(30-21)14-25-26-22(27)12-16-6-4-15(2)5-7-16/h4-11,13-14H,3,12H2,1-2H3,(H,26,27)/b25-14-. The molecule has 0 atom stereocenters. The molecule has 0 unspecified atom stereocenters. The van der Waals surface area contributed by atoms with Gasteiger partial charge in [-0.25, -0.2) is 10.2 Å². The number of amides is 1. The highest BCUT2D eigenvalue weighted by Gasteiger charge is 2.14. The van der Waals surface area contributed by atoms with Gasteiger partial charge in [0.1, 0.15) is 11.5 Å². The fraction of sp³-hybridized carbons (Fsp3) is 0.174. The Balaban J connectivity index is 1.63. The number of hydrogen-bond acceptors (Lipinski definition) is 5. The zero-order chi connectivity index (χ0) is 21.5. The molecule has 6 nitrogen and oxygen atoms in total. The van der Waals surface area contributed by atoms with Gasteiger partial charge in [-0.3, -0.25) is 4.79 Å². The molecule has 0 fully saturated rings. The maximum Gasteiger partial charge on any atom is 0.339 e. The van der Waals surface area contributed by atoms with E-state index in [-0.39, 0.29) is 24.5 Å². The van der Waals surface area contributed by atoms with Crippen molar-refractivity contribution in [2.75, 3.05) is 6.61 Å². The lowest BCUT2D eigenvalue weighted by atomic mass is 10.1. The van der Waals surface area contributed by atoms with Crippen molar-refractivity contribution in [1.29, 1.82) is 0 Å². The summed E-state index contributed by atoms with van der Waals surface area (Å²) in [5, 5.41) is 4.24. The molecule has 0 saturated heterocycles. The third-order valence-corrected chi connectivity index (χ3v) is 4.57. The van der Waals surface area contributed by atoms with E-state index in [9.17, 15) is 9.59 Å². The Morgan fingerprint density at radius 3 is 2.63 bits per heavy atom. The topological polar surface area (TPSA) is 80.9 Å². The second-order valence-corrected chi connectivity index (χ2v) is 6.98. The van der Waals surface area contributed by atoms with Gasteiger partial charge in [0, 0.05) is 5.56 Å². The number of furan rings is 1. The van der Waals surface area contributed by atoms with Crippen LogP contribution in [0.4, 0.5) is 0 Å². The number of rotatable bonds is 7. The number of aryl methyl sites for hydroxylation is 1. The van der Waals surface area contributed by atoms with Gasteiger partial charge in [0.25, 0.3) is 0 Å². The molecule has 7 heteroatoms. The van der Waals surface area contributed by atoms with Gasteiger partial charge in [0.05, 0.1) is 29.8 Å². The Kier molecular flexibility index (Phi) is 7.03. The van der Waals surface area contributed by atoms with Gasteiger partial charge in [0.2, 0.25) is 5.91 Å². The zero-order valence-corrected chi connectivity index (χ0v) is 17.4. The number of esters is 1. The Morgan fingerprint density at radius 1 is 1.13 bits per heavy atom. The van der Waals surface area contributed by atoms with E-state index in [0.717, 1.165) is 11.1 Å². The number of ether oxygens (including phenoxy) is 1. The Hall–Kier alpha value is -3.38. The minimum atomic E-state index is -0.492. The van der Waals surface area contributed by atoms with Crippen molar-refractivity contribution in [1.82, 2.24) is 5.43 Å². The molecular formula is C23H21ClN2O4. The number of carbonyl (C=O) groups excluding carboxylic acids is 2. The van der Waals surface area contributed by atoms with E-state index in [1.165, 1.54) is 6.21 Å². The van der Waals surface area contributed by atoms with Crippen LogP contribution in [0, 0.1) is 6.92 Å². The van der Waals surface area contributed by atoms with Crippen LogP contribution in [0.3, 0.4) is 0 Å². The van der Waals surface area contributed by atoms with Crippen molar-refractivity contribution in [2.45, 2.75) is 20.3 Å². The highest BCUT2D eigenvalue weighted by atomic mass is 35.5. The summed E-state index contributed by atoms with van der Waals surface area (Å²) in [7, 11) is 0. The number of nitrogens with zero attached hydrogens (tertiary/aromatic N) is 1. The molecule has 2 aromatic carbocycles. The third kappa shape index (κ3) is 5.58. The average Bonchev–Trinajstić information content (AvgIpc) is 3.19. The maximum absolute atomic E-state index is 12.0. The van der Waals surface area contributed by atoms with E-state index < -0.39 is 5.97 Å². The van der Waals surface area contributed by atoms with Crippen LogP contribution in [0.2, 0.25) is 5.02 Å². The molecule has 154 valence electrons. The van der Waals surface area contributed by atoms with Crippen LogP contribution in [0.5, 0.6) is 0 Å². The molecule has 0 saturated carbocycles. The number of hydrogen-bond donors (Lipinski definition) is 1. The van der Waals surface area contributed by atoms with Crippen molar-refractivity contribution in [3.63, 3.8) is 0 Å². The first kappa shape index (κ1) is 21.3. The second kappa shape index (κ2) is 9.89. The fourth-order valence-corrected chi connectivity index (χ4v) is 2.91. The summed E-state index contributed by atoms with van der Waals surface area (Å²) >= 11 is 6.09. The Labute approximate surface area is 179 Å². The van der Waals surface area contributed by atoms with E-state index in [2.05, 4.69) is 10.5 Å². The monoisotopic (exact) mass is 424 g/mol. The molecule has 3 rings (SSSR count). The summed E-state index contributed by atoms with van der Waals surface area (Å²) in [4.78, 5) is 24.0. The predicted octanol–water partition coefficient (Wildman–Crippen LogP) is 4.78. The second-order valence-electron chi connectivity index (χ2n) is 6.57. The first-order valence-electron chi connectivity index (χ1n) is 9.40. The molecule has 30 heavy (non-hydrogen) atoms. The lowest BCUT2D eigenvalue weighted by Crippen LogP contribution is -2.19. The van der Waals surface area contributed by atoms with Gasteiger partial charge in [-0.15, -0.1) is 0 Å². The van der Waals surface area contributed by atoms with Crippen LogP contribution in [-0.2, 0) is 16.0 Å². The number of hydrazone groups is 1. The van der Waals surface area contributed by atoms with E-state index in [0.29, 0.717) is 22.1 Å². The minimum absolute atomic E-state index is 0.223. The van der Waals surface area contributed by atoms with Gasteiger partial charge >= 0.3 is 5.97 Å². The molecule has 0 spiro atoms. The summed E-state index contributed by atoms with van der Waals surface area (Å²) in [6.45, 7) is 3.98. The van der Waals surface area contributed by atoms with E-state index in [4.69, 9.17) is 20.8 Å². The van der Waals surface area contributed by atoms with Gasteiger partial charge in [-0.2, -0.15) is 5.10 Å². The van der Waals surface area contributed by atoms with Crippen molar-refractivity contribution in [3.8, 4) is 11.3 Å². The van der Waals surface area contributed by atoms with Crippen LogP contribution in [-0.4, -0.2) is 24.7 Å². The van der Waals surface area contributed by atoms with Crippen LogP contribution in [0.25, 0.3) is 11.3 Å². The van der Waals surface area contributed by atoms with Gasteiger partial charge in [-0.1, -0.05) is 41.4 Å². The van der Waals surface area contributed by atoms with Crippen molar-refractivity contribution < 1.29 is 18.7 Å². The van der Waals surface area contributed by atoms with Crippen molar-refractivity contribution >= 4 is 29.7 Å². The van der Waals surface area contributed by atoms with E-state index in [1.807, 2.05) is 31.2 Å². The number of carbonyl (C=O) groups is 2. The lowest BCUT2D eigenvalue weighted by molar-refractivity contribution is -0.120. The van der Waals surface area contributed by atoms with Gasteiger partial charge in [-0.05, 0) is 49.7 Å². The molecule has 0 radical (unpaired) electrons. The normalized spacial score (nSPS) is 10.9. The molecule has 1 aromatic heterocycles. The molecule has 1 heterocycles. The fourth-order valence-electron chi connectivity index (χ4n) is 2.72. The summed E-state index contributed by atoms with van der Waals surface area (Å²) in [6, 6.07) is 16.2. The number of halogens is 1. The van der Waals surface area contributed by atoms with Crippen molar-refractivity contribution in [2.24, 2.45) is 5.10 Å². The van der Waals surface area contributed by atoms with Crippen molar-refractivity contribution in [3.05, 3.63) is 82.1 Å². The summed E-state index contributed by atoms with van der Waals surface area (Å²) < 4.78 is 10.7. The largest absolute Gasteiger partial charge is 0.462 e. The number of benzene rings is 2. The van der Waals surface area contributed by atoms with Crippen LogP contribution >= 0.6 is 11.6 Å². The van der Waals surface area contributed by atoms with E-state index in [1.54, 1.807) is 37.3 Å². The highest BCUT2D eigenvalue weighted by molar-refractivity contribution is 6.33. The summed E-state index contributed by atoms with van der Waals surface area (Å²) in [6.07, 6.45) is 1.65. The SMILES string of the molecule is CCOC(=O)c1cc(-c2ccc(/C=N\NC(=O)Cc3ccc(C)cc3)o2)ccc1Cl. The molecule has 0 aliphatic heterocycles. The molecule has 0 bridgehead atoms. The predicted molar refractivity (Wildman–Crippen MR) is 116 cm³/mol. The number of nitrogens with one attached hydrogen (secondary N) is 1. The third-order valence-electron chi connectivity index (χ3n) is 4.24. The average molecular weight is 425 g/mol. The highest BCUT2D eigenvalue weighted by Crippen LogP contribution is 2.27. The van der Waals surface area contributed by atoms with Crippen LogP contribution < -0.4 is 5.43 Å². The first-order chi connectivity index (χ1) is 14.5. The summed E-state index contributed by atoms with van der Waals surface area (Å²) in [5.74, 6) is 0.269. The first-order valence-corrected chi connectivity index (χ1v) is 9.78. The van der Waals surface area contributed by atoms with E-state index >= 15 is 0 Å². The minimum Gasteiger partial charge on any atom is -0.462 e. The smallest absolute Gasteiger partial charge is 0.339 e. The van der Waals surface area contributed by atoms with Crippen LogP contribution in [0.1, 0.15) is 34.2 Å². The van der Waals surface area contributed by atoms with Gasteiger partial charge in [0.15, 0.2) is 0 Å². The Morgan fingerprint density at radius 2 is 1.90 bits per heavy atom. The molecule has 0 aliphatic rings. The molecule has 1 N–H and O–H groups in total. The quantitative estimate of drug-likeness (QED) is 0.336. The van der Waals surface area contributed by atoms with Gasteiger partial charge < -0.3 is 9.15 Å². The molecular weight excluding hydrogens is 404 g/mol. The zero-order valence-electron chi connectivity index (χ0n) is 16.6. The summed E-state index contributed by atoms with van der Waals surface area (Å²) in [5.41, 5.74) is 5.47. The Bertz CT molecular complexity index is 1070. The lowest BCUT2D eigenvalue weighted by Gasteiger charge is -2.05. The molecule has 3 aromatic rings. The molecule has 0 aliphatic carbocycles. The molecule has 1 amide bonds.